The molecule has 0 fully saturated rings. The highest BCUT2D eigenvalue weighted by Gasteiger charge is 2.07. The number of hydrogen-bond donors (Lipinski definition) is 1. The molecule has 0 aliphatic heterocycles. The zero-order chi connectivity index (χ0) is 13.0. The number of rotatable bonds is 5. The molecule has 0 spiro atoms. The summed E-state index contributed by atoms with van der Waals surface area (Å²) in [4.78, 5) is 8.39. The second kappa shape index (κ2) is 5.62. The minimum absolute atomic E-state index is 0.564. The number of nitrogen functional groups attached to an aromatic ring is 1. The third-order valence-corrected chi connectivity index (χ3v) is 2.78. The van der Waals surface area contributed by atoms with E-state index in [4.69, 9.17) is 5.73 Å². The van der Waals surface area contributed by atoms with E-state index in [1.54, 1.807) is 12.5 Å². The molecular weight excluding hydrogens is 226 g/mol. The molecule has 0 atom stereocenters. The first kappa shape index (κ1) is 12.5. The van der Waals surface area contributed by atoms with Crippen molar-refractivity contribution in [3.8, 4) is 0 Å². The van der Waals surface area contributed by atoms with E-state index in [1.165, 1.54) is 0 Å². The van der Waals surface area contributed by atoms with Gasteiger partial charge in [-0.25, -0.2) is 14.6 Å². The maximum atomic E-state index is 5.82. The van der Waals surface area contributed by atoms with Gasteiger partial charge in [0.05, 0.1) is 0 Å². The van der Waals surface area contributed by atoms with E-state index in [0.29, 0.717) is 11.7 Å². The van der Waals surface area contributed by atoms with Crippen LogP contribution < -0.4 is 5.73 Å². The number of nitrogens with two attached hydrogens (primary N) is 1. The van der Waals surface area contributed by atoms with Gasteiger partial charge in [0, 0.05) is 19.2 Å². The van der Waals surface area contributed by atoms with Crippen LogP contribution in [0.25, 0.3) is 0 Å². The molecule has 0 aromatic carbocycles. The van der Waals surface area contributed by atoms with Gasteiger partial charge in [0.1, 0.15) is 18.0 Å². The lowest BCUT2D eigenvalue weighted by Crippen LogP contribution is -2.11. The van der Waals surface area contributed by atoms with E-state index in [2.05, 4.69) is 28.9 Å². The smallest absolute Gasteiger partial charge is 0.138 e. The lowest BCUT2D eigenvalue weighted by molar-refractivity contribution is 0.465. The summed E-state index contributed by atoms with van der Waals surface area (Å²) in [5.74, 6) is 2.17. The second-order valence-electron chi connectivity index (χ2n) is 4.80. The molecule has 0 amide bonds. The normalized spacial score (nSPS) is 11.1. The Balaban J connectivity index is 2.02. The fourth-order valence-electron chi connectivity index (χ4n) is 1.89. The third kappa shape index (κ3) is 3.06. The second-order valence-corrected chi connectivity index (χ2v) is 4.80. The van der Waals surface area contributed by atoms with Crippen LogP contribution in [-0.2, 0) is 19.4 Å². The maximum absolute atomic E-state index is 5.82. The van der Waals surface area contributed by atoms with E-state index in [-0.39, 0.29) is 0 Å². The Morgan fingerprint density at radius 1 is 1.28 bits per heavy atom. The van der Waals surface area contributed by atoms with Crippen molar-refractivity contribution in [2.24, 2.45) is 5.92 Å². The summed E-state index contributed by atoms with van der Waals surface area (Å²) in [5.41, 5.74) is 6.89. The first-order valence-electron chi connectivity index (χ1n) is 6.23. The van der Waals surface area contributed by atoms with Gasteiger partial charge in [-0.2, -0.15) is 5.10 Å². The van der Waals surface area contributed by atoms with Gasteiger partial charge in [0.25, 0.3) is 0 Å². The van der Waals surface area contributed by atoms with Crippen LogP contribution >= 0.6 is 0 Å². The van der Waals surface area contributed by atoms with E-state index < -0.39 is 0 Å². The molecular formula is C13H19N5. The fraction of sp³-hybridized carbons (Fsp3) is 0.462. The van der Waals surface area contributed by atoms with Gasteiger partial charge in [0.15, 0.2) is 0 Å². The molecule has 2 aromatic rings. The molecule has 0 bridgehead atoms. The van der Waals surface area contributed by atoms with Crippen LogP contribution in [0.1, 0.15) is 25.2 Å². The van der Waals surface area contributed by atoms with Crippen molar-refractivity contribution in [3.05, 3.63) is 36.0 Å². The van der Waals surface area contributed by atoms with Gasteiger partial charge in [-0.05, 0) is 24.0 Å². The number of aromatic nitrogens is 4. The topological polar surface area (TPSA) is 69.6 Å². The predicted molar refractivity (Wildman–Crippen MR) is 70.9 cm³/mol. The van der Waals surface area contributed by atoms with Gasteiger partial charge < -0.3 is 5.73 Å². The summed E-state index contributed by atoms with van der Waals surface area (Å²) in [6, 6.07) is 3.91. The van der Waals surface area contributed by atoms with E-state index in [1.807, 2.05) is 16.8 Å². The highest BCUT2D eigenvalue weighted by atomic mass is 15.3. The number of aryl methyl sites for hydroxylation is 2. The monoisotopic (exact) mass is 245 g/mol. The van der Waals surface area contributed by atoms with Gasteiger partial charge in [-0.1, -0.05) is 19.9 Å². The number of pyridine rings is 1. The zero-order valence-electron chi connectivity index (χ0n) is 10.9. The predicted octanol–water partition coefficient (Wildman–Crippen LogP) is 1.70. The minimum Gasteiger partial charge on any atom is -0.383 e. The largest absolute Gasteiger partial charge is 0.383 e. The Morgan fingerprint density at radius 2 is 2.11 bits per heavy atom. The summed E-state index contributed by atoms with van der Waals surface area (Å²) in [6.45, 7) is 5.24. The Morgan fingerprint density at radius 3 is 2.83 bits per heavy atom. The van der Waals surface area contributed by atoms with Crippen molar-refractivity contribution in [1.82, 2.24) is 19.7 Å². The van der Waals surface area contributed by atoms with Crippen LogP contribution in [0.15, 0.2) is 24.7 Å². The first-order chi connectivity index (χ1) is 8.66. The molecule has 5 nitrogen and oxygen atoms in total. The van der Waals surface area contributed by atoms with Crippen molar-refractivity contribution in [2.45, 2.75) is 33.2 Å². The highest BCUT2D eigenvalue weighted by Crippen LogP contribution is 2.11. The van der Waals surface area contributed by atoms with Crippen LogP contribution in [0.5, 0.6) is 0 Å². The maximum Gasteiger partial charge on any atom is 0.138 e. The van der Waals surface area contributed by atoms with Crippen molar-refractivity contribution in [1.29, 1.82) is 0 Å². The van der Waals surface area contributed by atoms with Crippen LogP contribution in [0.4, 0.5) is 5.82 Å². The Bertz CT molecular complexity index is 504. The van der Waals surface area contributed by atoms with Crippen molar-refractivity contribution < 1.29 is 0 Å². The Hall–Kier alpha value is -1.91. The van der Waals surface area contributed by atoms with Crippen LogP contribution in [0, 0.1) is 5.92 Å². The van der Waals surface area contributed by atoms with Crippen LogP contribution in [0.2, 0.25) is 0 Å². The summed E-state index contributed by atoms with van der Waals surface area (Å²) < 4.78 is 1.97. The average Bonchev–Trinajstić information content (AvgIpc) is 2.75. The Labute approximate surface area is 107 Å². The Kier molecular flexibility index (Phi) is 3.92. The van der Waals surface area contributed by atoms with E-state index >= 15 is 0 Å². The summed E-state index contributed by atoms with van der Waals surface area (Å²) in [6.07, 6.45) is 5.00. The van der Waals surface area contributed by atoms with Gasteiger partial charge in [0.2, 0.25) is 0 Å². The highest BCUT2D eigenvalue weighted by molar-refractivity contribution is 5.38. The zero-order valence-corrected chi connectivity index (χ0v) is 10.9. The molecule has 0 saturated heterocycles. The quantitative estimate of drug-likeness (QED) is 0.870. The SMILES string of the molecule is CC(C)Cn1ncnc1CCc1cccnc1N. The molecule has 0 radical (unpaired) electrons. The van der Waals surface area contributed by atoms with Crippen molar-refractivity contribution >= 4 is 5.82 Å². The molecule has 18 heavy (non-hydrogen) atoms. The van der Waals surface area contributed by atoms with E-state index in [0.717, 1.165) is 30.8 Å². The standard InChI is InChI=1S/C13H19N5/c1-10(2)8-18-12(16-9-17-18)6-5-11-4-3-7-15-13(11)14/h3-4,7,9-10H,5-6,8H2,1-2H3,(H2,14,15). The molecule has 0 aliphatic carbocycles. The lowest BCUT2D eigenvalue weighted by Gasteiger charge is -2.09. The molecule has 0 saturated carbocycles. The molecule has 0 unspecified atom stereocenters. The van der Waals surface area contributed by atoms with Gasteiger partial charge in [-0.15, -0.1) is 0 Å². The summed E-state index contributed by atoms with van der Waals surface area (Å²) in [7, 11) is 0. The molecule has 5 heteroatoms. The fourth-order valence-corrected chi connectivity index (χ4v) is 1.89. The average molecular weight is 245 g/mol. The van der Waals surface area contributed by atoms with E-state index in [9.17, 15) is 0 Å². The first-order valence-corrected chi connectivity index (χ1v) is 6.23. The molecule has 2 heterocycles. The molecule has 0 aliphatic rings. The summed E-state index contributed by atoms with van der Waals surface area (Å²) >= 11 is 0. The molecule has 96 valence electrons. The number of hydrogen-bond acceptors (Lipinski definition) is 4. The van der Waals surface area contributed by atoms with Crippen LogP contribution in [-0.4, -0.2) is 19.7 Å². The number of anilines is 1. The van der Waals surface area contributed by atoms with Gasteiger partial charge in [-0.3, -0.25) is 0 Å². The molecule has 2 aromatic heterocycles. The number of nitrogens with zero attached hydrogens (tertiary/aromatic N) is 4. The lowest BCUT2D eigenvalue weighted by atomic mass is 10.1. The van der Waals surface area contributed by atoms with Crippen molar-refractivity contribution in [3.63, 3.8) is 0 Å². The van der Waals surface area contributed by atoms with Crippen molar-refractivity contribution in [2.75, 3.05) is 5.73 Å². The molecule has 2 N–H and O–H groups in total. The minimum atomic E-state index is 0.564. The molecule has 2 rings (SSSR count). The van der Waals surface area contributed by atoms with Crippen LogP contribution in [0.3, 0.4) is 0 Å². The van der Waals surface area contributed by atoms with Gasteiger partial charge >= 0.3 is 0 Å². The summed E-state index contributed by atoms with van der Waals surface area (Å²) in [5, 5.41) is 4.25. The third-order valence-electron chi connectivity index (χ3n) is 2.78.